The van der Waals surface area contributed by atoms with E-state index in [9.17, 15) is 9.59 Å². The Balaban J connectivity index is 1.95. The molecular formula is C20H27N3O3. The lowest BCUT2D eigenvalue weighted by Gasteiger charge is -2.08. The van der Waals surface area contributed by atoms with Crippen molar-refractivity contribution in [2.24, 2.45) is 5.92 Å². The first-order valence-corrected chi connectivity index (χ1v) is 8.90. The predicted molar refractivity (Wildman–Crippen MR) is 100.0 cm³/mol. The van der Waals surface area contributed by atoms with E-state index >= 15 is 0 Å². The second kappa shape index (κ2) is 9.17. The van der Waals surface area contributed by atoms with Crippen LogP contribution in [0.3, 0.4) is 0 Å². The van der Waals surface area contributed by atoms with Crippen LogP contribution in [0, 0.1) is 19.8 Å². The molecule has 0 aliphatic heterocycles. The lowest BCUT2D eigenvalue weighted by Crippen LogP contribution is -2.30. The molecule has 1 aromatic heterocycles. The third-order valence-corrected chi connectivity index (χ3v) is 4.14. The number of carbonyl (C=O) groups is 2. The minimum absolute atomic E-state index is 0.278. The van der Waals surface area contributed by atoms with Crippen LogP contribution in [-0.4, -0.2) is 34.8 Å². The summed E-state index contributed by atoms with van der Waals surface area (Å²) in [4.78, 5) is 24.2. The van der Waals surface area contributed by atoms with Crippen LogP contribution < -0.4 is 5.32 Å². The summed E-state index contributed by atoms with van der Waals surface area (Å²) in [5.41, 5.74) is 2.86. The van der Waals surface area contributed by atoms with E-state index in [-0.39, 0.29) is 12.5 Å². The summed E-state index contributed by atoms with van der Waals surface area (Å²) in [6.07, 6.45) is 0.893. The van der Waals surface area contributed by atoms with E-state index in [4.69, 9.17) is 4.74 Å². The van der Waals surface area contributed by atoms with Gasteiger partial charge in [0.25, 0.3) is 5.91 Å². The SMILES string of the molecule is Cc1nn(Cc2ccccc2)c(C)c1C(=O)OCC(=O)NCCC(C)C. The fourth-order valence-corrected chi connectivity index (χ4v) is 2.66. The van der Waals surface area contributed by atoms with Gasteiger partial charge in [0, 0.05) is 6.54 Å². The highest BCUT2D eigenvalue weighted by Crippen LogP contribution is 2.16. The molecule has 1 heterocycles. The molecule has 2 aromatic rings. The molecular weight excluding hydrogens is 330 g/mol. The highest BCUT2D eigenvalue weighted by Gasteiger charge is 2.21. The van der Waals surface area contributed by atoms with E-state index in [1.807, 2.05) is 37.3 Å². The molecule has 140 valence electrons. The molecule has 1 amide bonds. The van der Waals surface area contributed by atoms with Crippen LogP contribution in [0.25, 0.3) is 0 Å². The zero-order chi connectivity index (χ0) is 19.1. The molecule has 6 nitrogen and oxygen atoms in total. The van der Waals surface area contributed by atoms with Crippen molar-refractivity contribution >= 4 is 11.9 Å². The summed E-state index contributed by atoms with van der Waals surface area (Å²) in [7, 11) is 0. The Bertz CT molecular complexity index is 751. The van der Waals surface area contributed by atoms with Crippen LogP contribution in [-0.2, 0) is 16.1 Å². The molecule has 0 saturated heterocycles. The van der Waals surface area contributed by atoms with E-state index in [0.717, 1.165) is 17.7 Å². The quantitative estimate of drug-likeness (QED) is 0.737. The largest absolute Gasteiger partial charge is 0.452 e. The van der Waals surface area contributed by atoms with Crippen LogP contribution in [0.2, 0.25) is 0 Å². The average Bonchev–Trinajstić information content (AvgIpc) is 2.87. The minimum Gasteiger partial charge on any atom is -0.452 e. The summed E-state index contributed by atoms with van der Waals surface area (Å²) in [5.74, 6) is -0.289. The van der Waals surface area contributed by atoms with Gasteiger partial charge in [-0.2, -0.15) is 5.10 Å². The number of hydrogen-bond acceptors (Lipinski definition) is 4. The van der Waals surface area contributed by atoms with E-state index < -0.39 is 5.97 Å². The standard InChI is InChI=1S/C20H27N3O3/c1-14(2)10-11-21-18(24)13-26-20(25)19-15(3)22-23(16(19)4)12-17-8-6-5-7-9-17/h5-9,14H,10-13H2,1-4H3,(H,21,24). The molecule has 2 rings (SSSR count). The summed E-state index contributed by atoms with van der Waals surface area (Å²) < 4.78 is 6.95. The van der Waals surface area contributed by atoms with Crippen LogP contribution in [0.15, 0.2) is 30.3 Å². The van der Waals surface area contributed by atoms with Gasteiger partial charge in [0.15, 0.2) is 6.61 Å². The molecule has 26 heavy (non-hydrogen) atoms. The van der Waals surface area contributed by atoms with Gasteiger partial charge in [-0.25, -0.2) is 4.79 Å². The predicted octanol–water partition coefficient (Wildman–Crippen LogP) is 2.87. The maximum atomic E-state index is 12.4. The van der Waals surface area contributed by atoms with Gasteiger partial charge in [-0.1, -0.05) is 44.2 Å². The van der Waals surface area contributed by atoms with Gasteiger partial charge in [0.2, 0.25) is 0 Å². The van der Waals surface area contributed by atoms with Crippen molar-refractivity contribution in [2.75, 3.05) is 13.2 Å². The van der Waals surface area contributed by atoms with Gasteiger partial charge in [0.1, 0.15) is 5.56 Å². The Morgan fingerprint density at radius 1 is 1.19 bits per heavy atom. The Labute approximate surface area is 154 Å². The maximum absolute atomic E-state index is 12.4. The third kappa shape index (κ3) is 5.44. The number of esters is 1. The fourth-order valence-electron chi connectivity index (χ4n) is 2.66. The molecule has 0 fully saturated rings. The van der Waals surface area contributed by atoms with Crippen LogP contribution in [0.4, 0.5) is 0 Å². The topological polar surface area (TPSA) is 73.2 Å². The Morgan fingerprint density at radius 2 is 1.88 bits per heavy atom. The number of ether oxygens (including phenoxy) is 1. The van der Waals surface area contributed by atoms with Crippen molar-refractivity contribution in [3.8, 4) is 0 Å². The molecule has 1 N–H and O–H groups in total. The van der Waals surface area contributed by atoms with E-state index in [1.54, 1.807) is 11.6 Å². The van der Waals surface area contributed by atoms with Gasteiger partial charge in [-0.05, 0) is 31.7 Å². The first-order valence-electron chi connectivity index (χ1n) is 8.90. The van der Waals surface area contributed by atoms with Crippen molar-refractivity contribution in [3.63, 3.8) is 0 Å². The second-order valence-corrected chi connectivity index (χ2v) is 6.80. The number of aromatic nitrogens is 2. The maximum Gasteiger partial charge on any atom is 0.342 e. The molecule has 0 saturated carbocycles. The number of benzene rings is 1. The van der Waals surface area contributed by atoms with Gasteiger partial charge in [-0.15, -0.1) is 0 Å². The summed E-state index contributed by atoms with van der Waals surface area (Å²) in [6.45, 7) is 8.67. The highest BCUT2D eigenvalue weighted by atomic mass is 16.5. The molecule has 0 radical (unpaired) electrons. The molecule has 0 spiro atoms. The van der Waals surface area contributed by atoms with Crippen molar-refractivity contribution in [1.82, 2.24) is 15.1 Å². The smallest absolute Gasteiger partial charge is 0.342 e. The monoisotopic (exact) mass is 357 g/mol. The van der Waals surface area contributed by atoms with Crippen molar-refractivity contribution < 1.29 is 14.3 Å². The molecule has 0 aliphatic rings. The zero-order valence-corrected chi connectivity index (χ0v) is 15.9. The minimum atomic E-state index is -0.515. The number of hydrogen-bond donors (Lipinski definition) is 1. The summed E-state index contributed by atoms with van der Waals surface area (Å²) in [5, 5.41) is 7.19. The molecule has 0 atom stereocenters. The number of nitrogens with one attached hydrogen (secondary N) is 1. The van der Waals surface area contributed by atoms with E-state index in [2.05, 4.69) is 24.3 Å². The summed E-state index contributed by atoms with van der Waals surface area (Å²) >= 11 is 0. The molecule has 0 bridgehead atoms. The second-order valence-electron chi connectivity index (χ2n) is 6.80. The fraction of sp³-hybridized carbons (Fsp3) is 0.450. The zero-order valence-electron chi connectivity index (χ0n) is 15.9. The van der Waals surface area contributed by atoms with Gasteiger partial charge >= 0.3 is 5.97 Å². The van der Waals surface area contributed by atoms with Crippen molar-refractivity contribution in [1.29, 1.82) is 0 Å². The van der Waals surface area contributed by atoms with E-state index in [1.165, 1.54) is 0 Å². The average molecular weight is 357 g/mol. The first kappa shape index (κ1) is 19.7. The first-order chi connectivity index (χ1) is 12.4. The van der Waals surface area contributed by atoms with Crippen molar-refractivity contribution in [3.05, 3.63) is 52.8 Å². The number of nitrogens with zero attached hydrogens (tertiary/aromatic N) is 2. The number of amides is 1. The molecule has 6 heteroatoms. The van der Waals surface area contributed by atoms with Crippen LogP contribution >= 0.6 is 0 Å². The van der Waals surface area contributed by atoms with Crippen LogP contribution in [0.1, 0.15) is 47.6 Å². The lowest BCUT2D eigenvalue weighted by atomic mass is 10.1. The van der Waals surface area contributed by atoms with Gasteiger partial charge < -0.3 is 10.1 Å². The Morgan fingerprint density at radius 3 is 2.54 bits per heavy atom. The third-order valence-electron chi connectivity index (χ3n) is 4.14. The molecule has 0 unspecified atom stereocenters. The number of carbonyl (C=O) groups excluding carboxylic acids is 2. The normalized spacial score (nSPS) is 10.8. The Kier molecular flexibility index (Phi) is 6.95. The highest BCUT2D eigenvalue weighted by molar-refractivity contribution is 5.93. The summed E-state index contributed by atoms with van der Waals surface area (Å²) in [6, 6.07) is 9.91. The molecule has 1 aromatic carbocycles. The van der Waals surface area contributed by atoms with Crippen LogP contribution in [0.5, 0.6) is 0 Å². The van der Waals surface area contributed by atoms with Gasteiger partial charge in [-0.3, -0.25) is 9.48 Å². The van der Waals surface area contributed by atoms with Crippen molar-refractivity contribution in [2.45, 2.75) is 40.7 Å². The lowest BCUT2D eigenvalue weighted by molar-refractivity contribution is -0.124. The van der Waals surface area contributed by atoms with E-state index in [0.29, 0.717) is 30.3 Å². The number of rotatable bonds is 8. The van der Waals surface area contributed by atoms with Gasteiger partial charge in [0.05, 0.1) is 17.9 Å². The molecule has 0 aliphatic carbocycles. The number of aryl methyl sites for hydroxylation is 1. The Hall–Kier alpha value is -2.63.